The molecule has 0 spiro atoms. The van der Waals surface area contributed by atoms with Crippen LogP contribution in [0.25, 0.3) is 0 Å². The molecular formula is C18H23NO2. The lowest BCUT2D eigenvalue weighted by Gasteiger charge is -2.18. The van der Waals surface area contributed by atoms with Crippen molar-refractivity contribution in [1.82, 2.24) is 5.32 Å². The zero-order valence-electron chi connectivity index (χ0n) is 12.5. The summed E-state index contributed by atoms with van der Waals surface area (Å²) in [6.45, 7) is 1.47. The Kier molecular flexibility index (Phi) is 6.41. The van der Waals surface area contributed by atoms with Crippen LogP contribution in [0.4, 0.5) is 0 Å². The Balaban J connectivity index is 1.94. The van der Waals surface area contributed by atoms with Crippen molar-refractivity contribution in [3.8, 4) is 0 Å². The molecule has 0 bridgehead atoms. The summed E-state index contributed by atoms with van der Waals surface area (Å²) < 4.78 is 5.22. The zero-order chi connectivity index (χ0) is 14.9. The standard InChI is InChI=1S/C18H23NO2/c1-21-14-17-10-6-5-9-16(17)12-19-18(13-20)11-15-7-3-2-4-8-15/h2-10,18-20H,11-14H2,1H3/t18-/m0/s1. The van der Waals surface area contributed by atoms with Gasteiger partial charge in [-0.05, 0) is 23.1 Å². The third-order valence-corrected chi connectivity index (χ3v) is 3.54. The molecule has 112 valence electrons. The molecule has 0 heterocycles. The SMILES string of the molecule is COCc1ccccc1CN[C@H](CO)Cc1ccccc1. The Labute approximate surface area is 126 Å². The van der Waals surface area contributed by atoms with Gasteiger partial charge in [-0.25, -0.2) is 0 Å². The van der Waals surface area contributed by atoms with E-state index >= 15 is 0 Å². The van der Waals surface area contributed by atoms with E-state index in [9.17, 15) is 5.11 Å². The second-order valence-corrected chi connectivity index (χ2v) is 5.15. The predicted octanol–water partition coefficient (Wildman–Crippen LogP) is 2.53. The summed E-state index contributed by atoms with van der Waals surface area (Å²) in [5.74, 6) is 0. The van der Waals surface area contributed by atoms with E-state index in [1.54, 1.807) is 7.11 Å². The summed E-state index contributed by atoms with van der Waals surface area (Å²) in [6, 6.07) is 18.5. The molecule has 2 rings (SSSR count). The van der Waals surface area contributed by atoms with Crippen LogP contribution in [0.5, 0.6) is 0 Å². The van der Waals surface area contributed by atoms with Gasteiger partial charge >= 0.3 is 0 Å². The Morgan fingerprint density at radius 1 is 1.00 bits per heavy atom. The van der Waals surface area contributed by atoms with Crippen LogP contribution in [0, 0.1) is 0 Å². The topological polar surface area (TPSA) is 41.5 Å². The summed E-state index contributed by atoms with van der Waals surface area (Å²) in [5, 5.41) is 13.0. The highest BCUT2D eigenvalue weighted by molar-refractivity contribution is 5.26. The molecule has 3 nitrogen and oxygen atoms in total. The third kappa shape index (κ3) is 4.97. The number of hydrogen-bond donors (Lipinski definition) is 2. The average Bonchev–Trinajstić information content (AvgIpc) is 2.54. The molecule has 2 N–H and O–H groups in total. The first kappa shape index (κ1) is 15.7. The van der Waals surface area contributed by atoms with E-state index in [4.69, 9.17) is 4.74 Å². The predicted molar refractivity (Wildman–Crippen MR) is 85.0 cm³/mol. The van der Waals surface area contributed by atoms with Crippen molar-refractivity contribution in [3.63, 3.8) is 0 Å². The van der Waals surface area contributed by atoms with Crippen LogP contribution in [0.1, 0.15) is 16.7 Å². The molecule has 0 amide bonds. The van der Waals surface area contributed by atoms with Crippen molar-refractivity contribution in [3.05, 3.63) is 71.3 Å². The second kappa shape index (κ2) is 8.57. The molecule has 0 aromatic heterocycles. The summed E-state index contributed by atoms with van der Waals surface area (Å²) in [7, 11) is 1.70. The lowest BCUT2D eigenvalue weighted by Crippen LogP contribution is -2.34. The fourth-order valence-corrected chi connectivity index (χ4v) is 2.38. The van der Waals surface area contributed by atoms with E-state index in [1.807, 2.05) is 30.3 Å². The Bertz CT molecular complexity index is 528. The van der Waals surface area contributed by atoms with Gasteiger partial charge in [0.2, 0.25) is 0 Å². The van der Waals surface area contributed by atoms with Gasteiger partial charge in [0.25, 0.3) is 0 Å². The minimum atomic E-state index is 0.0583. The molecule has 0 aliphatic heterocycles. The fourth-order valence-electron chi connectivity index (χ4n) is 2.38. The molecule has 2 aromatic rings. The van der Waals surface area contributed by atoms with Crippen LogP contribution < -0.4 is 5.32 Å². The maximum absolute atomic E-state index is 9.55. The molecule has 2 aromatic carbocycles. The third-order valence-electron chi connectivity index (χ3n) is 3.54. The normalized spacial score (nSPS) is 12.3. The maximum atomic E-state index is 9.55. The summed E-state index contributed by atoms with van der Waals surface area (Å²) in [6.07, 6.45) is 0.823. The molecule has 3 heteroatoms. The molecule has 0 radical (unpaired) electrons. The first-order valence-electron chi connectivity index (χ1n) is 7.27. The lowest BCUT2D eigenvalue weighted by atomic mass is 10.0. The second-order valence-electron chi connectivity index (χ2n) is 5.15. The lowest BCUT2D eigenvalue weighted by molar-refractivity contribution is 0.183. The van der Waals surface area contributed by atoms with E-state index in [2.05, 4.69) is 29.6 Å². The quantitative estimate of drug-likeness (QED) is 0.783. The van der Waals surface area contributed by atoms with E-state index in [-0.39, 0.29) is 12.6 Å². The first-order chi connectivity index (χ1) is 10.3. The van der Waals surface area contributed by atoms with Crippen LogP contribution >= 0.6 is 0 Å². The van der Waals surface area contributed by atoms with E-state index < -0.39 is 0 Å². The number of aliphatic hydroxyl groups excluding tert-OH is 1. The molecule has 0 aliphatic rings. The minimum absolute atomic E-state index is 0.0583. The van der Waals surface area contributed by atoms with Gasteiger partial charge in [-0.1, -0.05) is 54.6 Å². The molecule has 0 aliphatic carbocycles. The van der Waals surface area contributed by atoms with Crippen LogP contribution in [-0.4, -0.2) is 24.9 Å². The molecule has 0 saturated heterocycles. The molecule has 0 unspecified atom stereocenters. The van der Waals surface area contributed by atoms with Crippen molar-refractivity contribution in [2.45, 2.75) is 25.6 Å². The van der Waals surface area contributed by atoms with Crippen LogP contribution in [0.2, 0.25) is 0 Å². The van der Waals surface area contributed by atoms with Crippen molar-refractivity contribution in [2.75, 3.05) is 13.7 Å². The van der Waals surface area contributed by atoms with Gasteiger partial charge in [0, 0.05) is 19.7 Å². The van der Waals surface area contributed by atoms with Crippen molar-refractivity contribution < 1.29 is 9.84 Å². The number of rotatable bonds is 8. The summed E-state index contributed by atoms with van der Waals surface area (Å²) >= 11 is 0. The highest BCUT2D eigenvalue weighted by atomic mass is 16.5. The molecule has 21 heavy (non-hydrogen) atoms. The molecule has 0 fully saturated rings. The van der Waals surface area contributed by atoms with Crippen molar-refractivity contribution in [2.24, 2.45) is 0 Å². The van der Waals surface area contributed by atoms with Gasteiger partial charge < -0.3 is 15.2 Å². The van der Waals surface area contributed by atoms with E-state index in [0.29, 0.717) is 6.61 Å². The summed E-state index contributed by atoms with van der Waals surface area (Å²) in [4.78, 5) is 0. The zero-order valence-corrected chi connectivity index (χ0v) is 12.5. The maximum Gasteiger partial charge on any atom is 0.0716 e. The Hall–Kier alpha value is -1.68. The number of benzene rings is 2. The fraction of sp³-hybridized carbons (Fsp3) is 0.333. The van der Waals surface area contributed by atoms with Gasteiger partial charge in [-0.2, -0.15) is 0 Å². The Morgan fingerprint density at radius 3 is 2.33 bits per heavy atom. The summed E-state index contributed by atoms with van der Waals surface area (Å²) in [5.41, 5.74) is 3.63. The van der Waals surface area contributed by atoms with Crippen LogP contribution in [0.3, 0.4) is 0 Å². The number of aliphatic hydroxyl groups is 1. The highest BCUT2D eigenvalue weighted by Gasteiger charge is 2.09. The number of nitrogens with one attached hydrogen (secondary N) is 1. The van der Waals surface area contributed by atoms with Crippen molar-refractivity contribution in [1.29, 1.82) is 0 Å². The van der Waals surface area contributed by atoms with Crippen LogP contribution in [-0.2, 0) is 24.3 Å². The van der Waals surface area contributed by atoms with Crippen LogP contribution in [0.15, 0.2) is 54.6 Å². The van der Waals surface area contributed by atoms with Gasteiger partial charge in [-0.3, -0.25) is 0 Å². The first-order valence-corrected chi connectivity index (χ1v) is 7.27. The van der Waals surface area contributed by atoms with Gasteiger partial charge in [0.05, 0.1) is 13.2 Å². The van der Waals surface area contributed by atoms with Gasteiger partial charge in [-0.15, -0.1) is 0 Å². The van der Waals surface area contributed by atoms with E-state index in [1.165, 1.54) is 16.7 Å². The number of methoxy groups -OCH3 is 1. The van der Waals surface area contributed by atoms with Gasteiger partial charge in [0.1, 0.15) is 0 Å². The van der Waals surface area contributed by atoms with E-state index in [0.717, 1.165) is 13.0 Å². The molecular weight excluding hydrogens is 262 g/mol. The minimum Gasteiger partial charge on any atom is -0.395 e. The average molecular weight is 285 g/mol. The molecule has 0 saturated carbocycles. The monoisotopic (exact) mass is 285 g/mol. The highest BCUT2D eigenvalue weighted by Crippen LogP contribution is 2.10. The number of ether oxygens (including phenoxy) is 1. The van der Waals surface area contributed by atoms with Gasteiger partial charge in [0.15, 0.2) is 0 Å². The van der Waals surface area contributed by atoms with Crippen molar-refractivity contribution >= 4 is 0 Å². The molecule has 1 atom stereocenters. The largest absolute Gasteiger partial charge is 0.395 e. The Morgan fingerprint density at radius 2 is 1.67 bits per heavy atom. The smallest absolute Gasteiger partial charge is 0.0716 e. The number of hydrogen-bond acceptors (Lipinski definition) is 3.